The van der Waals surface area contributed by atoms with Crippen LogP contribution in [0.4, 0.5) is 0 Å². The molecule has 98 valence electrons. The molecule has 4 nitrogen and oxygen atoms in total. The number of nitrogens with zero attached hydrogens (tertiary/aromatic N) is 1. The van der Waals surface area contributed by atoms with Gasteiger partial charge in [-0.3, -0.25) is 14.2 Å². The van der Waals surface area contributed by atoms with Crippen molar-refractivity contribution >= 4 is 17.3 Å². The van der Waals surface area contributed by atoms with Gasteiger partial charge in [0.05, 0.1) is 5.69 Å². The normalized spacial score (nSPS) is 13.5. The van der Waals surface area contributed by atoms with Gasteiger partial charge in [0.2, 0.25) is 0 Å². The van der Waals surface area contributed by atoms with E-state index >= 15 is 0 Å². The van der Waals surface area contributed by atoms with Crippen molar-refractivity contribution in [1.29, 1.82) is 0 Å². The lowest BCUT2D eigenvalue weighted by molar-refractivity contribution is -0.137. The number of thiazole rings is 1. The van der Waals surface area contributed by atoms with E-state index in [1.165, 1.54) is 22.1 Å². The van der Waals surface area contributed by atoms with Gasteiger partial charge in [-0.15, -0.1) is 0 Å². The molecule has 1 aromatic heterocycles. The highest BCUT2D eigenvalue weighted by Crippen LogP contribution is 2.28. The summed E-state index contributed by atoms with van der Waals surface area (Å²) in [6, 6.07) is 6.15. The van der Waals surface area contributed by atoms with Gasteiger partial charge in [0.15, 0.2) is 0 Å². The first-order chi connectivity index (χ1) is 9.15. The fraction of sp³-hybridized carbons (Fsp3) is 0.286. The predicted molar refractivity (Wildman–Crippen MR) is 73.7 cm³/mol. The Bertz CT molecular complexity index is 699. The van der Waals surface area contributed by atoms with Gasteiger partial charge >= 0.3 is 10.8 Å². The lowest BCUT2D eigenvalue weighted by Gasteiger charge is -2.07. The molecule has 0 radical (unpaired) electrons. The van der Waals surface area contributed by atoms with Crippen molar-refractivity contribution < 1.29 is 9.90 Å². The first-order valence-electron chi connectivity index (χ1n) is 6.17. The molecule has 0 atom stereocenters. The van der Waals surface area contributed by atoms with Crippen molar-refractivity contribution in [3.05, 3.63) is 44.4 Å². The zero-order chi connectivity index (χ0) is 13.4. The average molecular weight is 275 g/mol. The molecule has 0 amide bonds. The largest absolute Gasteiger partial charge is 0.480 e. The van der Waals surface area contributed by atoms with E-state index in [1.807, 2.05) is 6.07 Å². The molecule has 19 heavy (non-hydrogen) atoms. The number of fused-ring (bicyclic) bond motifs is 1. The number of carboxylic acid groups (broad SMARTS) is 1. The second kappa shape index (κ2) is 4.66. The monoisotopic (exact) mass is 275 g/mol. The van der Waals surface area contributed by atoms with E-state index in [0.717, 1.165) is 29.7 Å². The highest BCUT2D eigenvalue weighted by atomic mass is 32.1. The van der Waals surface area contributed by atoms with E-state index in [4.69, 9.17) is 5.11 Å². The standard InChI is InChI=1S/C14H13NO3S/c16-13(17)7-15-12(8-19-14(15)18)11-5-4-9-2-1-3-10(9)6-11/h4-6,8H,1-3,7H2,(H,16,17). The SMILES string of the molecule is O=C(O)Cn1c(-c2ccc3c(c2)CCC3)csc1=O. The molecular weight excluding hydrogens is 262 g/mol. The van der Waals surface area contributed by atoms with Crippen molar-refractivity contribution in [2.45, 2.75) is 25.8 Å². The molecule has 0 bridgehead atoms. The van der Waals surface area contributed by atoms with Crippen LogP contribution in [-0.2, 0) is 24.2 Å². The predicted octanol–water partition coefficient (Wildman–Crippen LogP) is 2.15. The lowest BCUT2D eigenvalue weighted by Crippen LogP contribution is -2.19. The molecule has 1 aliphatic carbocycles. The van der Waals surface area contributed by atoms with E-state index in [-0.39, 0.29) is 11.4 Å². The van der Waals surface area contributed by atoms with E-state index in [9.17, 15) is 9.59 Å². The van der Waals surface area contributed by atoms with Crippen LogP contribution in [0.15, 0.2) is 28.4 Å². The molecule has 0 aliphatic heterocycles. The number of carbonyl (C=O) groups is 1. The summed E-state index contributed by atoms with van der Waals surface area (Å²) in [6.07, 6.45) is 3.35. The third-order valence-electron chi connectivity index (χ3n) is 3.47. The van der Waals surface area contributed by atoms with Crippen LogP contribution in [0.5, 0.6) is 0 Å². The van der Waals surface area contributed by atoms with Gasteiger partial charge in [-0.1, -0.05) is 23.5 Å². The molecule has 1 aliphatic rings. The summed E-state index contributed by atoms with van der Waals surface area (Å²) < 4.78 is 1.32. The Kier molecular flexibility index (Phi) is 2.98. The second-order valence-electron chi connectivity index (χ2n) is 4.70. The van der Waals surface area contributed by atoms with Crippen LogP contribution in [0.3, 0.4) is 0 Å². The molecule has 5 heteroatoms. The summed E-state index contributed by atoms with van der Waals surface area (Å²) in [5.74, 6) is -0.997. The molecule has 0 fully saturated rings. The Balaban J connectivity index is 2.07. The highest BCUT2D eigenvalue weighted by molar-refractivity contribution is 7.07. The van der Waals surface area contributed by atoms with Crippen LogP contribution in [0, 0.1) is 0 Å². The topological polar surface area (TPSA) is 59.3 Å². The number of aryl methyl sites for hydroxylation is 2. The van der Waals surface area contributed by atoms with Crippen LogP contribution in [0.1, 0.15) is 17.5 Å². The quantitative estimate of drug-likeness (QED) is 0.933. The Labute approximate surface area is 113 Å². The zero-order valence-corrected chi connectivity index (χ0v) is 11.1. The van der Waals surface area contributed by atoms with Crippen molar-refractivity contribution in [2.24, 2.45) is 0 Å². The Morgan fingerprint density at radius 1 is 1.32 bits per heavy atom. The van der Waals surface area contributed by atoms with Crippen LogP contribution in [-0.4, -0.2) is 15.6 Å². The van der Waals surface area contributed by atoms with Crippen molar-refractivity contribution in [1.82, 2.24) is 4.57 Å². The van der Waals surface area contributed by atoms with E-state index in [0.29, 0.717) is 5.69 Å². The maximum Gasteiger partial charge on any atom is 0.323 e. The first kappa shape index (κ1) is 12.2. The number of hydrogen-bond acceptors (Lipinski definition) is 3. The summed E-state index contributed by atoms with van der Waals surface area (Å²) in [5.41, 5.74) is 4.32. The van der Waals surface area contributed by atoms with Crippen LogP contribution >= 0.6 is 11.3 Å². The van der Waals surface area contributed by atoms with E-state index < -0.39 is 5.97 Å². The van der Waals surface area contributed by atoms with Gasteiger partial charge in [0.25, 0.3) is 0 Å². The molecule has 2 aromatic rings. The Hall–Kier alpha value is -1.88. The third-order valence-corrected chi connectivity index (χ3v) is 4.23. The number of rotatable bonds is 3. The summed E-state index contributed by atoms with van der Waals surface area (Å²) >= 11 is 1.05. The van der Waals surface area contributed by atoms with E-state index in [1.54, 1.807) is 5.38 Å². The van der Waals surface area contributed by atoms with E-state index in [2.05, 4.69) is 12.1 Å². The smallest absolute Gasteiger partial charge is 0.323 e. The van der Waals surface area contributed by atoms with Crippen LogP contribution in [0.25, 0.3) is 11.3 Å². The average Bonchev–Trinajstić information content (AvgIpc) is 2.96. The van der Waals surface area contributed by atoms with Gasteiger partial charge in [-0.05, 0) is 42.0 Å². The number of benzene rings is 1. The molecule has 3 rings (SSSR count). The maximum absolute atomic E-state index is 11.7. The van der Waals surface area contributed by atoms with Crippen LogP contribution in [0.2, 0.25) is 0 Å². The van der Waals surface area contributed by atoms with Crippen molar-refractivity contribution in [2.75, 3.05) is 0 Å². The molecule has 1 aromatic carbocycles. The number of aromatic nitrogens is 1. The number of carboxylic acids is 1. The van der Waals surface area contributed by atoms with Gasteiger partial charge in [-0.2, -0.15) is 0 Å². The highest BCUT2D eigenvalue weighted by Gasteiger charge is 2.15. The molecule has 0 spiro atoms. The number of aliphatic carboxylic acids is 1. The van der Waals surface area contributed by atoms with Gasteiger partial charge < -0.3 is 5.11 Å². The Morgan fingerprint density at radius 2 is 2.11 bits per heavy atom. The molecule has 0 unspecified atom stereocenters. The third kappa shape index (κ3) is 2.21. The van der Waals surface area contributed by atoms with Crippen molar-refractivity contribution in [3.63, 3.8) is 0 Å². The summed E-state index contributed by atoms with van der Waals surface area (Å²) in [4.78, 5) is 22.3. The first-order valence-corrected chi connectivity index (χ1v) is 7.05. The molecular formula is C14H13NO3S. The number of hydrogen-bond donors (Lipinski definition) is 1. The summed E-state index contributed by atoms with van der Waals surface area (Å²) in [6.45, 7) is -0.283. The minimum Gasteiger partial charge on any atom is -0.480 e. The van der Waals surface area contributed by atoms with Crippen molar-refractivity contribution in [3.8, 4) is 11.3 Å². The van der Waals surface area contributed by atoms with Crippen LogP contribution < -0.4 is 4.87 Å². The fourth-order valence-corrected chi connectivity index (χ4v) is 3.34. The lowest BCUT2D eigenvalue weighted by atomic mass is 10.0. The fourth-order valence-electron chi connectivity index (χ4n) is 2.57. The zero-order valence-electron chi connectivity index (χ0n) is 10.3. The molecule has 1 heterocycles. The van der Waals surface area contributed by atoms with Gasteiger partial charge in [0, 0.05) is 5.38 Å². The molecule has 0 saturated heterocycles. The minimum atomic E-state index is -0.997. The summed E-state index contributed by atoms with van der Waals surface area (Å²) in [5, 5.41) is 10.6. The van der Waals surface area contributed by atoms with Gasteiger partial charge in [0.1, 0.15) is 6.54 Å². The van der Waals surface area contributed by atoms with Gasteiger partial charge in [-0.25, -0.2) is 0 Å². The minimum absolute atomic E-state index is 0.224. The maximum atomic E-state index is 11.7. The Morgan fingerprint density at radius 3 is 2.89 bits per heavy atom. The molecule has 1 N–H and O–H groups in total. The molecule has 0 saturated carbocycles. The second-order valence-corrected chi connectivity index (χ2v) is 5.52. The summed E-state index contributed by atoms with van der Waals surface area (Å²) in [7, 11) is 0.